The maximum Gasteiger partial charge on any atom is 0.356 e. The van der Waals surface area contributed by atoms with Crippen LogP contribution in [0.5, 0.6) is 0 Å². The Kier molecular flexibility index (Phi) is 1.96. The van der Waals surface area contributed by atoms with Crippen LogP contribution in [0.3, 0.4) is 0 Å². The molecule has 0 saturated carbocycles. The van der Waals surface area contributed by atoms with Gasteiger partial charge in [-0.25, -0.2) is 9.78 Å². The molecule has 0 atom stereocenters. The van der Waals surface area contributed by atoms with Crippen molar-refractivity contribution in [3.63, 3.8) is 0 Å². The summed E-state index contributed by atoms with van der Waals surface area (Å²) in [5.74, 6) is -0.412. The Morgan fingerprint density at radius 3 is 3.07 bits per heavy atom. The third-order valence-electron chi connectivity index (χ3n) is 2.13. The van der Waals surface area contributed by atoms with Crippen LogP contribution in [-0.2, 0) is 4.74 Å². The first-order chi connectivity index (χ1) is 6.72. The highest BCUT2D eigenvalue weighted by Crippen LogP contribution is 2.16. The van der Waals surface area contributed by atoms with Gasteiger partial charge < -0.3 is 9.72 Å². The van der Waals surface area contributed by atoms with Gasteiger partial charge in [-0.15, -0.1) is 0 Å². The van der Waals surface area contributed by atoms with Gasteiger partial charge in [0.1, 0.15) is 0 Å². The van der Waals surface area contributed by atoms with E-state index in [0.29, 0.717) is 5.69 Å². The van der Waals surface area contributed by atoms with Gasteiger partial charge in [0.2, 0.25) is 0 Å². The van der Waals surface area contributed by atoms with E-state index in [2.05, 4.69) is 14.7 Å². The lowest BCUT2D eigenvalue weighted by molar-refractivity contribution is 0.0594. The Balaban J connectivity index is 2.64. The molecule has 2 aromatic heterocycles. The summed E-state index contributed by atoms with van der Waals surface area (Å²) in [6.45, 7) is 1.86. The van der Waals surface area contributed by atoms with Gasteiger partial charge in [-0.1, -0.05) is 0 Å². The fourth-order valence-corrected chi connectivity index (χ4v) is 1.44. The zero-order chi connectivity index (χ0) is 10.1. The van der Waals surface area contributed by atoms with Crippen molar-refractivity contribution in [1.82, 2.24) is 9.97 Å². The number of esters is 1. The highest BCUT2D eigenvalue weighted by molar-refractivity contribution is 5.92. The van der Waals surface area contributed by atoms with Crippen molar-refractivity contribution in [2.75, 3.05) is 7.11 Å². The second kappa shape index (κ2) is 3.14. The summed E-state index contributed by atoms with van der Waals surface area (Å²) >= 11 is 0. The van der Waals surface area contributed by atoms with Gasteiger partial charge >= 0.3 is 5.97 Å². The molecule has 2 aromatic rings. The van der Waals surface area contributed by atoms with Crippen molar-refractivity contribution in [2.45, 2.75) is 6.92 Å². The summed E-state index contributed by atoms with van der Waals surface area (Å²) < 4.78 is 4.60. The predicted octanol–water partition coefficient (Wildman–Crippen LogP) is 1.66. The normalized spacial score (nSPS) is 10.4. The van der Waals surface area contributed by atoms with Crippen LogP contribution in [0.4, 0.5) is 0 Å². The number of ether oxygens (including phenoxy) is 1. The second-order valence-corrected chi connectivity index (χ2v) is 3.02. The molecule has 0 aromatic carbocycles. The van der Waals surface area contributed by atoms with Crippen LogP contribution in [0, 0.1) is 6.92 Å². The van der Waals surface area contributed by atoms with Gasteiger partial charge in [-0.2, -0.15) is 0 Å². The van der Waals surface area contributed by atoms with E-state index in [9.17, 15) is 4.79 Å². The summed E-state index contributed by atoms with van der Waals surface area (Å²) in [4.78, 5) is 18.4. The van der Waals surface area contributed by atoms with E-state index in [1.54, 1.807) is 6.07 Å². The van der Waals surface area contributed by atoms with E-state index in [0.717, 1.165) is 16.6 Å². The van der Waals surface area contributed by atoms with E-state index >= 15 is 0 Å². The molecule has 2 heterocycles. The third kappa shape index (κ3) is 1.25. The summed E-state index contributed by atoms with van der Waals surface area (Å²) in [5, 5.41) is 1.03. The average Bonchev–Trinajstić information content (AvgIpc) is 2.64. The molecule has 4 heteroatoms. The number of hydrogen-bond donors (Lipinski definition) is 1. The molecule has 2 rings (SSSR count). The van der Waals surface area contributed by atoms with Crippen LogP contribution in [-0.4, -0.2) is 23.0 Å². The van der Waals surface area contributed by atoms with Crippen molar-refractivity contribution < 1.29 is 9.53 Å². The quantitative estimate of drug-likeness (QED) is 0.696. The van der Waals surface area contributed by atoms with E-state index in [4.69, 9.17) is 0 Å². The fraction of sp³-hybridized carbons (Fsp3) is 0.200. The topological polar surface area (TPSA) is 55.0 Å². The molecule has 14 heavy (non-hydrogen) atoms. The molecule has 0 amide bonds. The molecule has 0 saturated heterocycles. The number of carbonyl (C=O) groups excluding carboxylic acids is 1. The number of fused-ring (bicyclic) bond motifs is 1. The Morgan fingerprint density at radius 2 is 2.36 bits per heavy atom. The predicted molar refractivity (Wildman–Crippen MR) is 52.2 cm³/mol. The molecule has 0 radical (unpaired) electrons. The summed E-state index contributed by atoms with van der Waals surface area (Å²) in [6.07, 6.45) is 1.82. The summed E-state index contributed by atoms with van der Waals surface area (Å²) in [5.41, 5.74) is 2.06. The largest absolute Gasteiger partial charge is 0.464 e. The van der Waals surface area contributed by atoms with Crippen LogP contribution in [0.25, 0.3) is 10.9 Å². The number of hydrogen-bond acceptors (Lipinski definition) is 3. The smallest absolute Gasteiger partial charge is 0.356 e. The number of methoxy groups -OCH3 is 1. The third-order valence-corrected chi connectivity index (χ3v) is 2.13. The number of aromatic amines is 1. The van der Waals surface area contributed by atoms with Crippen molar-refractivity contribution in [2.24, 2.45) is 0 Å². The minimum absolute atomic E-state index is 0.333. The molecule has 0 aliphatic rings. The highest BCUT2D eigenvalue weighted by atomic mass is 16.5. The van der Waals surface area contributed by atoms with Crippen LogP contribution in [0.2, 0.25) is 0 Å². The highest BCUT2D eigenvalue weighted by Gasteiger charge is 2.10. The number of aryl methyl sites for hydroxylation is 1. The van der Waals surface area contributed by atoms with E-state index in [1.807, 2.05) is 19.2 Å². The molecule has 0 bridgehead atoms. The Morgan fingerprint density at radius 1 is 1.57 bits per heavy atom. The van der Waals surface area contributed by atoms with E-state index < -0.39 is 5.97 Å². The van der Waals surface area contributed by atoms with Crippen molar-refractivity contribution in [3.05, 3.63) is 29.7 Å². The maximum atomic E-state index is 11.2. The maximum absolute atomic E-state index is 11.2. The summed E-state index contributed by atoms with van der Waals surface area (Å²) in [7, 11) is 1.35. The molecule has 0 spiro atoms. The minimum Gasteiger partial charge on any atom is -0.464 e. The average molecular weight is 190 g/mol. The molecule has 0 unspecified atom stereocenters. The van der Waals surface area contributed by atoms with Crippen LogP contribution in [0.15, 0.2) is 18.3 Å². The van der Waals surface area contributed by atoms with Gasteiger partial charge in [0.05, 0.1) is 7.11 Å². The number of nitrogens with zero attached hydrogens (tertiary/aromatic N) is 1. The molecule has 72 valence electrons. The SMILES string of the molecule is COC(=O)c1cc2[nH]ccc2c(C)n1. The van der Waals surface area contributed by atoms with Crippen LogP contribution < -0.4 is 0 Å². The zero-order valence-corrected chi connectivity index (χ0v) is 8.00. The number of carbonyl (C=O) groups is 1. The molecule has 0 fully saturated rings. The first kappa shape index (κ1) is 8.74. The number of nitrogens with one attached hydrogen (secondary N) is 1. The standard InChI is InChI=1S/C10H10N2O2/c1-6-7-3-4-11-8(7)5-9(12-6)10(13)14-2/h3-5,11H,1-2H3. The molecular formula is C10H10N2O2. The lowest BCUT2D eigenvalue weighted by atomic mass is 10.2. The Labute approximate surface area is 80.9 Å². The van der Waals surface area contributed by atoms with Gasteiger partial charge in [-0.05, 0) is 19.1 Å². The lowest BCUT2D eigenvalue weighted by Gasteiger charge is -2.01. The van der Waals surface area contributed by atoms with Crippen molar-refractivity contribution >= 4 is 16.9 Å². The number of H-pyrrole nitrogens is 1. The minimum atomic E-state index is -0.412. The molecule has 0 aliphatic heterocycles. The Bertz CT molecular complexity index is 488. The Hall–Kier alpha value is -1.84. The zero-order valence-electron chi connectivity index (χ0n) is 8.00. The van der Waals surface area contributed by atoms with Crippen LogP contribution >= 0.6 is 0 Å². The van der Waals surface area contributed by atoms with Gasteiger partial charge in [-0.3, -0.25) is 0 Å². The molecule has 0 aliphatic carbocycles. The second-order valence-electron chi connectivity index (χ2n) is 3.02. The number of pyridine rings is 1. The number of aromatic nitrogens is 2. The lowest BCUT2D eigenvalue weighted by Crippen LogP contribution is -2.05. The first-order valence-corrected chi connectivity index (χ1v) is 4.25. The van der Waals surface area contributed by atoms with Crippen molar-refractivity contribution in [1.29, 1.82) is 0 Å². The van der Waals surface area contributed by atoms with E-state index in [-0.39, 0.29) is 0 Å². The number of rotatable bonds is 1. The fourth-order valence-electron chi connectivity index (χ4n) is 1.44. The van der Waals surface area contributed by atoms with Gasteiger partial charge in [0.15, 0.2) is 5.69 Å². The molecule has 1 N–H and O–H groups in total. The van der Waals surface area contributed by atoms with Crippen molar-refractivity contribution in [3.8, 4) is 0 Å². The van der Waals surface area contributed by atoms with Crippen LogP contribution in [0.1, 0.15) is 16.2 Å². The molecule has 4 nitrogen and oxygen atoms in total. The van der Waals surface area contributed by atoms with Gasteiger partial charge in [0.25, 0.3) is 0 Å². The summed E-state index contributed by atoms with van der Waals surface area (Å²) in [6, 6.07) is 3.62. The van der Waals surface area contributed by atoms with Gasteiger partial charge in [0, 0.05) is 22.8 Å². The monoisotopic (exact) mass is 190 g/mol. The van der Waals surface area contributed by atoms with E-state index in [1.165, 1.54) is 7.11 Å². The first-order valence-electron chi connectivity index (χ1n) is 4.25. The molecular weight excluding hydrogens is 180 g/mol.